The summed E-state index contributed by atoms with van der Waals surface area (Å²) in [5.74, 6) is 1.83. The molecule has 2 fully saturated rings. The van der Waals surface area contributed by atoms with Gasteiger partial charge in [-0.05, 0) is 68.1 Å². The van der Waals surface area contributed by atoms with Crippen molar-refractivity contribution in [2.45, 2.75) is 32.2 Å². The van der Waals surface area contributed by atoms with Crippen molar-refractivity contribution in [2.24, 2.45) is 5.41 Å². The molecule has 1 aliphatic heterocycles. The van der Waals surface area contributed by atoms with Crippen LogP contribution in [0, 0.1) is 23.7 Å². The van der Waals surface area contributed by atoms with E-state index < -0.39 is 5.41 Å². The summed E-state index contributed by atoms with van der Waals surface area (Å²) in [6.07, 6.45) is 5.31. The average Bonchev–Trinajstić information content (AvgIpc) is 3.42. The maximum Gasteiger partial charge on any atom is 0.256 e. The van der Waals surface area contributed by atoms with E-state index in [1.807, 2.05) is 13.0 Å². The molecule has 11 nitrogen and oxygen atoms in total. The van der Waals surface area contributed by atoms with E-state index in [1.165, 1.54) is 0 Å². The molecule has 0 spiro atoms. The van der Waals surface area contributed by atoms with Gasteiger partial charge in [-0.1, -0.05) is 0 Å². The normalized spacial score (nSPS) is 17.4. The summed E-state index contributed by atoms with van der Waals surface area (Å²) in [7, 11) is 0. The van der Waals surface area contributed by atoms with Crippen LogP contribution in [0.2, 0.25) is 0 Å². The van der Waals surface area contributed by atoms with Crippen molar-refractivity contribution in [1.82, 2.24) is 25.1 Å². The standard InChI is InChI=1S/C28H26N8O3/c1-17-6-11-30-22(14-17)33-26(37)18-2-4-20(5-3-18)39-21-7-12-31-24-23(21)25(35-34-24)32-19-8-13-36(15-19)27(38)28(16-29)9-10-28/h2-7,11-12,14,19H,8-10,13,15H2,1H3,(H,30,33,37)(H2,31,32,34,35)/t19-/m1/s1. The van der Waals surface area contributed by atoms with E-state index in [-0.39, 0.29) is 17.9 Å². The largest absolute Gasteiger partial charge is 0.456 e. The number of nitriles is 1. The number of amides is 2. The van der Waals surface area contributed by atoms with Crippen LogP contribution in [0.15, 0.2) is 54.9 Å². The quantitative estimate of drug-likeness (QED) is 0.329. The van der Waals surface area contributed by atoms with Crippen LogP contribution in [0.5, 0.6) is 11.5 Å². The van der Waals surface area contributed by atoms with Crippen LogP contribution in [-0.4, -0.2) is 56.0 Å². The molecule has 1 saturated carbocycles. The van der Waals surface area contributed by atoms with Gasteiger partial charge in [0, 0.05) is 43.2 Å². The highest BCUT2D eigenvalue weighted by Crippen LogP contribution is 2.47. The number of fused-ring (bicyclic) bond motifs is 1. The Labute approximate surface area is 224 Å². The smallest absolute Gasteiger partial charge is 0.256 e. The molecule has 1 saturated heterocycles. The number of carbonyl (C=O) groups excluding carboxylic acids is 2. The first-order chi connectivity index (χ1) is 18.9. The second-order valence-corrected chi connectivity index (χ2v) is 9.98. The molecule has 3 N–H and O–H groups in total. The Morgan fingerprint density at radius 3 is 2.69 bits per heavy atom. The maximum atomic E-state index is 12.7. The zero-order chi connectivity index (χ0) is 27.0. The zero-order valence-electron chi connectivity index (χ0n) is 21.3. The summed E-state index contributed by atoms with van der Waals surface area (Å²) in [5, 5.41) is 23.6. The van der Waals surface area contributed by atoms with Crippen LogP contribution >= 0.6 is 0 Å². The highest BCUT2D eigenvalue weighted by Gasteiger charge is 2.53. The first-order valence-corrected chi connectivity index (χ1v) is 12.8. The Kier molecular flexibility index (Phi) is 6.07. The molecule has 1 atom stereocenters. The third-order valence-corrected chi connectivity index (χ3v) is 7.11. The Morgan fingerprint density at radius 1 is 1.15 bits per heavy atom. The van der Waals surface area contributed by atoms with Crippen molar-refractivity contribution in [3.8, 4) is 17.6 Å². The number of ether oxygens (including phenoxy) is 1. The number of nitrogens with one attached hydrogen (secondary N) is 3. The van der Waals surface area contributed by atoms with E-state index in [9.17, 15) is 14.9 Å². The lowest BCUT2D eigenvalue weighted by Crippen LogP contribution is -2.36. The Morgan fingerprint density at radius 2 is 1.95 bits per heavy atom. The van der Waals surface area contributed by atoms with Gasteiger partial charge < -0.3 is 20.3 Å². The SMILES string of the molecule is Cc1ccnc(NC(=O)c2ccc(Oc3ccnc4[nH]nc(N[C@@H]5CCN(C(=O)C6(C#N)CC6)C5)c34)cc2)c1. The minimum Gasteiger partial charge on any atom is -0.456 e. The Bertz CT molecular complexity index is 1600. The lowest BCUT2D eigenvalue weighted by molar-refractivity contribution is -0.133. The zero-order valence-corrected chi connectivity index (χ0v) is 21.3. The molecule has 2 aliphatic rings. The van der Waals surface area contributed by atoms with E-state index in [0.717, 1.165) is 12.0 Å². The summed E-state index contributed by atoms with van der Waals surface area (Å²) in [6, 6.07) is 14.4. The number of hydrogen-bond acceptors (Lipinski definition) is 8. The Balaban J connectivity index is 1.14. The van der Waals surface area contributed by atoms with Crippen molar-refractivity contribution in [3.63, 3.8) is 0 Å². The predicted molar refractivity (Wildman–Crippen MR) is 143 cm³/mol. The first kappa shape index (κ1) is 24.4. The van der Waals surface area contributed by atoms with Crippen molar-refractivity contribution in [3.05, 3.63) is 66.0 Å². The first-order valence-electron chi connectivity index (χ1n) is 12.8. The van der Waals surface area contributed by atoms with Gasteiger partial charge in [-0.2, -0.15) is 10.4 Å². The van der Waals surface area contributed by atoms with Crippen molar-refractivity contribution >= 4 is 34.5 Å². The number of rotatable bonds is 7. The number of aromatic amines is 1. The minimum atomic E-state index is -0.813. The molecule has 3 aromatic heterocycles. The van der Waals surface area contributed by atoms with Crippen LogP contribution in [0.4, 0.5) is 11.6 Å². The van der Waals surface area contributed by atoms with E-state index in [2.05, 4.69) is 36.9 Å². The molecule has 1 aliphatic carbocycles. The van der Waals surface area contributed by atoms with Gasteiger partial charge in [-0.25, -0.2) is 9.97 Å². The molecule has 6 rings (SSSR count). The molecule has 0 unspecified atom stereocenters. The lowest BCUT2D eigenvalue weighted by Gasteiger charge is -2.19. The molecular weight excluding hydrogens is 496 g/mol. The van der Waals surface area contributed by atoms with E-state index in [0.29, 0.717) is 65.7 Å². The lowest BCUT2D eigenvalue weighted by atomic mass is 10.1. The van der Waals surface area contributed by atoms with Gasteiger partial charge in [-0.15, -0.1) is 0 Å². The molecule has 2 amide bonds. The fraction of sp³-hybridized carbons (Fsp3) is 0.286. The molecule has 4 heterocycles. The molecule has 11 heteroatoms. The van der Waals surface area contributed by atoms with Crippen molar-refractivity contribution < 1.29 is 14.3 Å². The van der Waals surface area contributed by atoms with Crippen LogP contribution < -0.4 is 15.4 Å². The number of anilines is 2. The monoisotopic (exact) mass is 522 g/mol. The summed E-state index contributed by atoms with van der Waals surface area (Å²) in [4.78, 5) is 35.7. The molecule has 0 radical (unpaired) electrons. The average molecular weight is 523 g/mol. The fourth-order valence-corrected chi connectivity index (χ4v) is 4.76. The number of pyridine rings is 2. The molecule has 196 valence electrons. The third-order valence-electron chi connectivity index (χ3n) is 7.11. The topological polar surface area (TPSA) is 149 Å². The van der Waals surface area contributed by atoms with E-state index in [1.54, 1.807) is 53.7 Å². The summed E-state index contributed by atoms with van der Waals surface area (Å²) in [5.41, 5.74) is 1.22. The van der Waals surface area contributed by atoms with E-state index >= 15 is 0 Å². The summed E-state index contributed by atoms with van der Waals surface area (Å²) < 4.78 is 6.17. The van der Waals surface area contributed by atoms with Crippen molar-refractivity contribution in [2.75, 3.05) is 23.7 Å². The van der Waals surface area contributed by atoms with Crippen LogP contribution in [-0.2, 0) is 4.79 Å². The highest BCUT2D eigenvalue weighted by atomic mass is 16.5. The van der Waals surface area contributed by atoms with Gasteiger partial charge >= 0.3 is 0 Å². The van der Waals surface area contributed by atoms with E-state index in [4.69, 9.17) is 4.74 Å². The van der Waals surface area contributed by atoms with Gasteiger partial charge in [0.1, 0.15) is 28.1 Å². The second-order valence-electron chi connectivity index (χ2n) is 9.98. The minimum absolute atomic E-state index is 0.0105. The summed E-state index contributed by atoms with van der Waals surface area (Å²) >= 11 is 0. The second kappa shape index (κ2) is 9.72. The molecule has 4 aromatic rings. The summed E-state index contributed by atoms with van der Waals surface area (Å²) in [6.45, 7) is 3.04. The molecule has 39 heavy (non-hydrogen) atoms. The number of H-pyrrole nitrogens is 1. The molecule has 1 aromatic carbocycles. The van der Waals surface area contributed by atoms with Crippen LogP contribution in [0.25, 0.3) is 11.0 Å². The van der Waals surface area contributed by atoms with Gasteiger partial charge in [-0.3, -0.25) is 14.7 Å². The number of nitrogens with zero attached hydrogens (tertiary/aromatic N) is 5. The van der Waals surface area contributed by atoms with Gasteiger partial charge in [0.05, 0.1) is 6.07 Å². The maximum absolute atomic E-state index is 12.7. The van der Waals surface area contributed by atoms with Crippen LogP contribution in [0.3, 0.4) is 0 Å². The number of carbonyl (C=O) groups is 2. The van der Waals surface area contributed by atoms with Gasteiger partial charge in [0.2, 0.25) is 5.91 Å². The number of aryl methyl sites for hydroxylation is 1. The number of aromatic nitrogens is 4. The highest BCUT2D eigenvalue weighted by molar-refractivity contribution is 6.03. The fourth-order valence-electron chi connectivity index (χ4n) is 4.76. The predicted octanol–water partition coefficient (Wildman–Crippen LogP) is 4.02. The Hall–Kier alpha value is -4.98. The number of hydrogen-bond donors (Lipinski definition) is 3. The van der Waals surface area contributed by atoms with Crippen LogP contribution in [0.1, 0.15) is 35.2 Å². The van der Waals surface area contributed by atoms with Gasteiger partial charge in [0.25, 0.3) is 5.91 Å². The molecular formula is C28H26N8O3. The van der Waals surface area contributed by atoms with Crippen molar-refractivity contribution in [1.29, 1.82) is 5.26 Å². The van der Waals surface area contributed by atoms with Gasteiger partial charge in [0.15, 0.2) is 11.5 Å². The number of likely N-dealkylation sites (tertiary alicyclic amines) is 1. The molecule has 0 bridgehead atoms. The third kappa shape index (κ3) is 4.84. The number of benzene rings is 1.